The second-order valence-corrected chi connectivity index (χ2v) is 4.58. The zero-order chi connectivity index (χ0) is 14.1. The Labute approximate surface area is 115 Å². The summed E-state index contributed by atoms with van der Waals surface area (Å²) in [7, 11) is 3.55. The summed E-state index contributed by atoms with van der Waals surface area (Å²) in [5.74, 6) is 0.499. The van der Waals surface area contributed by atoms with E-state index in [1.807, 2.05) is 31.3 Å². The molecule has 2 heterocycles. The number of aromatic amines is 1. The number of H-pyrrole nitrogens is 1. The van der Waals surface area contributed by atoms with Crippen LogP contribution in [-0.2, 0) is 13.6 Å². The van der Waals surface area contributed by atoms with E-state index < -0.39 is 0 Å². The Morgan fingerprint density at radius 3 is 2.95 bits per heavy atom. The molecule has 0 spiro atoms. The van der Waals surface area contributed by atoms with Crippen LogP contribution in [0.3, 0.4) is 0 Å². The number of hydrogen-bond acceptors (Lipinski definition) is 4. The van der Waals surface area contributed by atoms with E-state index in [4.69, 9.17) is 0 Å². The first-order valence-corrected chi connectivity index (χ1v) is 6.18. The number of rotatable bonds is 3. The fourth-order valence-corrected chi connectivity index (χ4v) is 2.16. The minimum Gasteiger partial charge on any atom is -0.333 e. The van der Waals surface area contributed by atoms with Crippen LogP contribution in [-0.4, -0.2) is 42.8 Å². The molecule has 0 radical (unpaired) electrons. The van der Waals surface area contributed by atoms with Crippen LogP contribution >= 0.6 is 0 Å². The maximum atomic E-state index is 12.5. The Morgan fingerprint density at radius 1 is 1.40 bits per heavy atom. The minimum atomic E-state index is -0.141. The van der Waals surface area contributed by atoms with Gasteiger partial charge in [-0.05, 0) is 6.07 Å². The molecule has 3 aromatic rings. The van der Waals surface area contributed by atoms with Gasteiger partial charge in [0.25, 0.3) is 5.91 Å². The van der Waals surface area contributed by atoms with Gasteiger partial charge in [-0.3, -0.25) is 14.6 Å². The van der Waals surface area contributed by atoms with Crippen LogP contribution in [0.25, 0.3) is 10.9 Å². The van der Waals surface area contributed by atoms with Crippen molar-refractivity contribution in [2.75, 3.05) is 7.05 Å². The lowest BCUT2D eigenvalue weighted by Gasteiger charge is -2.13. The maximum Gasteiger partial charge on any atom is 0.275 e. The molecule has 0 saturated carbocycles. The van der Waals surface area contributed by atoms with Crippen molar-refractivity contribution in [2.45, 2.75) is 6.54 Å². The van der Waals surface area contributed by atoms with Crippen molar-refractivity contribution in [3.05, 3.63) is 42.1 Å². The van der Waals surface area contributed by atoms with Crippen LogP contribution < -0.4 is 0 Å². The second-order valence-electron chi connectivity index (χ2n) is 4.58. The van der Waals surface area contributed by atoms with Gasteiger partial charge >= 0.3 is 0 Å². The van der Waals surface area contributed by atoms with E-state index in [2.05, 4.69) is 20.3 Å². The SMILES string of the molecule is CN(Cc1ncn[nH]1)C(=O)c1nn(C)c2ccccc12. The fraction of sp³-hybridized carbons (Fsp3) is 0.231. The van der Waals surface area contributed by atoms with E-state index in [1.165, 1.54) is 6.33 Å². The van der Waals surface area contributed by atoms with Crippen molar-refractivity contribution in [3.63, 3.8) is 0 Å². The van der Waals surface area contributed by atoms with E-state index in [9.17, 15) is 4.79 Å². The number of amides is 1. The number of carbonyl (C=O) groups is 1. The molecule has 0 saturated heterocycles. The summed E-state index contributed by atoms with van der Waals surface area (Å²) in [6.07, 6.45) is 1.42. The first-order valence-electron chi connectivity index (χ1n) is 6.18. The average Bonchev–Trinajstić information content (AvgIpc) is 3.07. The summed E-state index contributed by atoms with van der Waals surface area (Å²) < 4.78 is 1.71. The summed E-state index contributed by atoms with van der Waals surface area (Å²) in [5.41, 5.74) is 1.38. The monoisotopic (exact) mass is 270 g/mol. The summed E-state index contributed by atoms with van der Waals surface area (Å²) in [5, 5.41) is 11.7. The molecule has 0 aliphatic carbocycles. The highest BCUT2D eigenvalue weighted by Crippen LogP contribution is 2.18. The van der Waals surface area contributed by atoms with E-state index in [-0.39, 0.29) is 5.91 Å². The molecule has 1 N–H and O–H groups in total. The minimum absolute atomic E-state index is 0.141. The zero-order valence-electron chi connectivity index (χ0n) is 11.2. The summed E-state index contributed by atoms with van der Waals surface area (Å²) in [6.45, 7) is 0.365. The zero-order valence-corrected chi connectivity index (χ0v) is 11.2. The molecule has 0 aliphatic rings. The molecule has 7 heteroatoms. The van der Waals surface area contributed by atoms with Gasteiger partial charge in [-0.1, -0.05) is 18.2 Å². The molecule has 3 rings (SSSR count). The van der Waals surface area contributed by atoms with Crippen LogP contribution in [0.4, 0.5) is 0 Å². The maximum absolute atomic E-state index is 12.5. The molecular weight excluding hydrogens is 256 g/mol. The van der Waals surface area contributed by atoms with Gasteiger partial charge in [0, 0.05) is 19.5 Å². The highest BCUT2D eigenvalue weighted by molar-refractivity contribution is 6.04. The van der Waals surface area contributed by atoms with Crippen LogP contribution in [0.15, 0.2) is 30.6 Å². The number of hydrogen-bond donors (Lipinski definition) is 1. The van der Waals surface area contributed by atoms with Crippen molar-refractivity contribution in [1.82, 2.24) is 29.9 Å². The topological polar surface area (TPSA) is 79.7 Å². The first-order chi connectivity index (χ1) is 9.66. The quantitative estimate of drug-likeness (QED) is 0.769. The third-order valence-corrected chi connectivity index (χ3v) is 3.16. The van der Waals surface area contributed by atoms with Crippen LogP contribution in [0, 0.1) is 0 Å². The van der Waals surface area contributed by atoms with Gasteiger partial charge < -0.3 is 4.90 Å². The number of fused-ring (bicyclic) bond motifs is 1. The molecule has 102 valence electrons. The third-order valence-electron chi connectivity index (χ3n) is 3.16. The van der Waals surface area contributed by atoms with E-state index >= 15 is 0 Å². The summed E-state index contributed by atoms with van der Waals surface area (Å²) in [6, 6.07) is 7.67. The molecule has 20 heavy (non-hydrogen) atoms. The smallest absolute Gasteiger partial charge is 0.275 e. The lowest BCUT2D eigenvalue weighted by Crippen LogP contribution is -2.27. The van der Waals surface area contributed by atoms with E-state index in [0.717, 1.165) is 10.9 Å². The van der Waals surface area contributed by atoms with Crippen molar-refractivity contribution in [3.8, 4) is 0 Å². The molecule has 0 atom stereocenters. The van der Waals surface area contributed by atoms with Crippen LogP contribution in [0.1, 0.15) is 16.3 Å². The predicted octanol–water partition coefficient (Wildman–Crippen LogP) is 0.964. The van der Waals surface area contributed by atoms with Crippen LogP contribution in [0.2, 0.25) is 0 Å². The number of nitrogens with zero attached hydrogens (tertiary/aromatic N) is 5. The Bertz CT molecular complexity index is 745. The van der Waals surface area contributed by atoms with Gasteiger partial charge in [0.15, 0.2) is 5.69 Å². The number of para-hydroxylation sites is 1. The van der Waals surface area contributed by atoms with Crippen molar-refractivity contribution in [2.24, 2.45) is 7.05 Å². The third kappa shape index (κ3) is 2.03. The van der Waals surface area contributed by atoms with Gasteiger partial charge in [-0.2, -0.15) is 10.2 Å². The number of carbonyl (C=O) groups excluding carboxylic acids is 1. The number of aromatic nitrogens is 5. The Morgan fingerprint density at radius 2 is 2.20 bits per heavy atom. The summed E-state index contributed by atoms with van der Waals surface area (Å²) in [4.78, 5) is 18.1. The first kappa shape index (κ1) is 12.3. The number of nitrogens with one attached hydrogen (secondary N) is 1. The predicted molar refractivity (Wildman–Crippen MR) is 72.9 cm³/mol. The van der Waals surface area contributed by atoms with Crippen molar-refractivity contribution >= 4 is 16.8 Å². The lowest BCUT2D eigenvalue weighted by atomic mass is 10.2. The molecule has 2 aromatic heterocycles. The molecule has 7 nitrogen and oxygen atoms in total. The Hall–Kier alpha value is -2.70. The molecular formula is C13H14N6O. The molecule has 0 unspecified atom stereocenters. The normalized spacial score (nSPS) is 10.9. The summed E-state index contributed by atoms with van der Waals surface area (Å²) >= 11 is 0. The van der Waals surface area contributed by atoms with Gasteiger partial charge in [0.1, 0.15) is 12.2 Å². The second kappa shape index (κ2) is 4.76. The highest BCUT2D eigenvalue weighted by atomic mass is 16.2. The van der Waals surface area contributed by atoms with E-state index in [0.29, 0.717) is 18.1 Å². The highest BCUT2D eigenvalue weighted by Gasteiger charge is 2.20. The van der Waals surface area contributed by atoms with Gasteiger partial charge in [0.2, 0.25) is 0 Å². The molecule has 0 aliphatic heterocycles. The van der Waals surface area contributed by atoms with Gasteiger partial charge in [-0.15, -0.1) is 0 Å². The van der Waals surface area contributed by atoms with E-state index in [1.54, 1.807) is 16.6 Å². The van der Waals surface area contributed by atoms with Gasteiger partial charge in [-0.25, -0.2) is 4.98 Å². The molecule has 1 aromatic carbocycles. The van der Waals surface area contributed by atoms with Crippen molar-refractivity contribution < 1.29 is 4.79 Å². The molecule has 0 fully saturated rings. The number of aryl methyl sites for hydroxylation is 1. The van der Waals surface area contributed by atoms with Gasteiger partial charge in [0.05, 0.1) is 12.1 Å². The molecule has 0 bridgehead atoms. The Balaban J connectivity index is 1.92. The van der Waals surface area contributed by atoms with Crippen molar-refractivity contribution in [1.29, 1.82) is 0 Å². The number of benzene rings is 1. The van der Waals surface area contributed by atoms with Crippen LogP contribution in [0.5, 0.6) is 0 Å². The molecule has 1 amide bonds. The fourth-order valence-electron chi connectivity index (χ4n) is 2.16. The standard InChI is InChI=1S/C13H14N6O/c1-18(7-11-14-8-15-16-11)13(20)12-9-5-3-4-6-10(9)19(2)17-12/h3-6,8H,7H2,1-2H3,(H,14,15,16). The largest absolute Gasteiger partial charge is 0.333 e. The Kier molecular flexibility index (Phi) is 2.94. The lowest BCUT2D eigenvalue weighted by molar-refractivity contribution is 0.0777. The average molecular weight is 270 g/mol.